The number of hydrogen-bond donors (Lipinski definition) is 1. The molecule has 1 aromatic carbocycles. The number of aromatic nitrogens is 3. The number of nitrogens with one attached hydrogen (secondary N) is 1. The Morgan fingerprint density at radius 3 is 2.96 bits per heavy atom. The van der Waals surface area contributed by atoms with Crippen molar-refractivity contribution in [1.82, 2.24) is 14.5 Å². The molecule has 0 bridgehead atoms. The van der Waals surface area contributed by atoms with Gasteiger partial charge in [0, 0.05) is 12.1 Å². The molecule has 1 amide bonds. The van der Waals surface area contributed by atoms with Crippen molar-refractivity contribution < 1.29 is 9.59 Å². The Kier molecular flexibility index (Phi) is 3.96. The molecule has 134 valence electrons. The summed E-state index contributed by atoms with van der Waals surface area (Å²) in [5.74, 6) is 0.320. The van der Waals surface area contributed by atoms with Gasteiger partial charge in [0.2, 0.25) is 11.7 Å². The average Bonchev–Trinajstić information content (AvgIpc) is 3.21. The molecular formula is C17H16ClN5O2S. The number of rotatable bonds is 3. The molecule has 1 aliphatic heterocycles. The smallest absolute Gasteiger partial charge is 0.246 e. The van der Waals surface area contributed by atoms with E-state index in [4.69, 9.17) is 11.6 Å². The topological polar surface area (TPSA) is 80.1 Å². The van der Waals surface area contributed by atoms with Crippen LogP contribution < -0.4 is 10.2 Å². The summed E-state index contributed by atoms with van der Waals surface area (Å²) < 4.78 is 2.49. The molecule has 0 aliphatic carbocycles. The van der Waals surface area contributed by atoms with Gasteiger partial charge in [0.25, 0.3) is 0 Å². The largest absolute Gasteiger partial charge is 0.348 e. The summed E-state index contributed by atoms with van der Waals surface area (Å²) in [5, 5.41) is 3.96. The standard InChI is InChI=1S/C17H16ClN5O2S/c1-8-4-11-12(5-10(8)18)26-17(20-11)21-13(24)6-23-7-19-16-14(23)15(25)9(2)22(16)3/h4-5,7,9H,6H2,1-3H3,(H,20,21,24). The minimum absolute atomic E-state index is 0.00431. The highest BCUT2D eigenvalue weighted by molar-refractivity contribution is 7.22. The fourth-order valence-electron chi connectivity index (χ4n) is 2.98. The molecule has 1 N–H and O–H groups in total. The van der Waals surface area contributed by atoms with Crippen LogP contribution >= 0.6 is 22.9 Å². The van der Waals surface area contributed by atoms with E-state index in [0.29, 0.717) is 21.7 Å². The van der Waals surface area contributed by atoms with E-state index < -0.39 is 0 Å². The van der Waals surface area contributed by atoms with Crippen molar-refractivity contribution >= 4 is 55.8 Å². The first-order valence-electron chi connectivity index (χ1n) is 8.04. The molecule has 2 aromatic heterocycles. The summed E-state index contributed by atoms with van der Waals surface area (Å²) in [6.07, 6.45) is 1.52. The van der Waals surface area contributed by atoms with E-state index in [9.17, 15) is 9.59 Å². The van der Waals surface area contributed by atoms with Gasteiger partial charge in [-0.2, -0.15) is 0 Å². The van der Waals surface area contributed by atoms with Gasteiger partial charge >= 0.3 is 0 Å². The zero-order valence-electron chi connectivity index (χ0n) is 14.4. The molecule has 0 radical (unpaired) electrons. The number of Topliss-reactive ketones (excluding diaryl/α,β-unsaturated/α-hetero) is 1. The first-order valence-corrected chi connectivity index (χ1v) is 9.23. The molecule has 26 heavy (non-hydrogen) atoms. The third-order valence-corrected chi connectivity index (χ3v) is 5.92. The summed E-state index contributed by atoms with van der Waals surface area (Å²) in [5.41, 5.74) is 2.20. The molecule has 7 nitrogen and oxygen atoms in total. The maximum absolute atomic E-state index is 12.4. The number of amides is 1. The summed E-state index contributed by atoms with van der Waals surface area (Å²) in [4.78, 5) is 35.3. The van der Waals surface area contributed by atoms with Crippen LogP contribution in [0.3, 0.4) is 0 Å². The second kappa shape index (κ2) is 6.07. The van der Waals surface area contributed by atoms with Gasteiger partial charge in [0.15, 0.2) is 10.9 Å². The van der Waals surface area contributed by atoms with Crippen molar-refractivity contribution in [2.24, 2.45) is 0 Å². The predicted octanol–water partition coefficient (Wildman–Crippen LogP) is 3.11. The van der Waals surface area contributed by atoms with Gasteiger partial charge in [0.05, 0.1) is 22.6 Å². The zero-order valence-corrected chi connectivity index (χ0v) is 16.0. The van der Waals surface area contributed by atoms with E-state index in [-0.39, 0.29) is 24.3 Å². The maximum atomic E-state index is 12.4. The molecule has 1 unspecified atom stereocenters. The highest BCUT2D eigenvalue weighted by Gasteiger charge is 2.36. The number of benzene rings is 1. The van der Waals surface area contributed by atoms with Crippen molar-refractivity contribution in [2.75, 3.05) is 17.3 Å². The van der Waals surface area contributed by atoms with Crippen LogP contribution in [0.15, 0.2) is 18.5 Å². The van der Waals surface area contributed by atoms with Gasteiger partial charge in [-0.25, -0.2) is 9.97 Å². The number of fused-ring (bicyclic) bond motifs is 2. The Morgan fingerprint density at radius 1 is 1.42 bits per heavy atom. The molecule has 0 spiro atoms. The van der Waals surface area contributed by atoms with Crippen LogP contribution in [0.1, 0.15) is 23.0 Å². The minimum atomic E-state index is -0.264. The van der Waals surface area contributed by atoms with Gasteiger partial charge in [-0.15, -0.1) is 0 Å². The third kappa shape index (κ3) is 2.65. The van der Waals surface area contributed by atoms with E-state index in [2.05, 4.69) is 15.3 Å². The van der Waals surface area contributed by atoms with Gasteiger partial charge in [-0.1, -0.05) is 22.9 Å². The lowest BCUT2D eigenvalue weighted by Crippen LogP contribution is -2.29. The zero-order chi connectivity index (χ0) is 18.6. The Labute approximate surface area is 158 Å². The molecule has 1 aliphatic rings. The van der Waals surface area contributed by atoms with Crippen LogP contribution in [-0.4, -0.2) is 39.3 Å². The number of nitrogens with zero attached hydrogens (tertiary/aromatic N) is 4. The predicted molar refractivity (Wildman–Crippen MR) is 102 cm³/mol. The van der Waals surface area contributed by atoms with Crippen LogP contribution in [0.2, 0.25) is 5.02 Å². The first kappa shape index (κ1) is 17.0. The van der Waals surface area contributed by atoms with Crippen molar-refractivity contribution in [1.29, 1.82) is 0 Å². The van der Waals surface area contributed by atoms with Crippen LogP contribution in [0.25, 0.3) is 10.2 Å². The van der Waals surface area contributed by atoms with Crippen LogP contribution in [0, 0.1) is 6.92 Å². The number of anilines is 2. The lowest BCUT2D eigenvalue weighted by atomic mass is 10.2. The van der Waals surface area contributed by atoms with Crippen molar-refractivity contribution in [2.45, 2.75) is 26.4 Å². The summed E-state index contributed by atoms with van der Waals surface area (Å²) >= 11 is 7.49. The number of imidazole rings is 1. The number of halogens is 1. The number of carbonyl (C=O) groups is 2. The lowest BCUT2D eigenvalue weighted by molar-refractivity contribution is -0.116. The lowest BCUT2D eigenvalue weighted by Gasteiger charge is -2.14. The highest BCUT2D eigenvalue weighted by atomic mass is 35.5. The van der Waals surface area contributed by atoms with E-state index in [0.717, 1.165) is 15.8 Å². The second-order valence-corrected chi connectivity index (χ2v) is 7.77. The van der Waals surface area contributed by atoms with E-state index in [1.807, 2.05) is 37.9 Å². The van der Waals surface area contributed by atoms with Crippen LogP contribution in [0.4, 0.5) is 10.9 Å². The minimum Gasteiger partial charge on any atom is -0.348 e. The third-order valence-electron chi connectivity index (χ3n) is 4.58. The molecule has 9 heteroatoms. The van der Waals surface area contributed by atoms with Crippen LogP contribution in [0.5, 0.6) is 0 Å². The summed E-state index contributed by atoms with van der Waals surface area (Å²) in [6, 6.07) is 3.47. The molecule has 4 rings (SSSR count). The first-order chi connectivity index (χ1) is 12.3. The number of ketones is 1. The van der Waals surface area contributed by atoms with E-state index >= 15 is 0 Å². The van der Waals surface area contributed by atoms with Crippen molar-refractivity contribution in [3.63, 3.8) is 0 Å². The maximum Gasteiger partial charge on any atom is 0.246 e. The molecular weight excluding hydrogens is 374 g/mol. The average molecular weight is 390 g/mol. The Bertz CT molecular complexity index is 1020. The van der Waals surface area contributed by atoms with E-state index in [1.54, 1.807) is 4.57 Å². The number of thiazole rings is 1. The fourth-order valence-corrected chi connectivity index (χ4v) is 4.11. The molecule has 0 saturated carbocycles. The molecule has 1 atom stereocenters. The Balaban J connectivity index is 1.54. The molecule has 3 aromatic rings. The number of hydrogen-bond acceptors (Lipinski definition) is 6. The number of likely N-dealkylation sites (N-methyl/N-ethyl adjacent to an activating group) is 1. The van der Waals surface area contributed by atoms with Gasteiger partial charge in [-0.3, -0.25) is 9.59 Å². The molecule has 0 fully saturated rings. The van der Waals surface area contributed by atoms with Gasteiger partial charge < -0.3 is 14.8 Å². The fraction of sp³-hybridized carbons (Fsp3) is 0.294. The Hall–Kier alpha value is -2.45. The Morgan fingerprint density at radius 2 is 2.19 bits per heavy atom. The molecule has 3 heterocycles. The SMILES string of the molecule is Cc1cc2nc(NC(=O)Cn3cnc4c3C(=O)C(C)N4C)sc2cc1Cl. The number of aryl methyl sites for hydroxylation is 1. The van der Waals surface area contributed by atoms with Gasteiger partial charge in [0.1, 0.15) is 12.2 Å². The monoisotopic (exact) mass is 389 g/mol. The van der Waals surface area contributed by atoms with Crippen molar-refractivity contribution in [3.8, 4) is 0 Å². The molecule has 0 saturated heterocycles. The second-order valence-electron chi connectivity index (χ2n) is 6.33. The van der Waals surface area contributed by atoms with E-state index in [1.165, 1.54) is 17.7 Å². The number of carbonyl (C=O) groups excluding carboxylic acids is 2. The normalized spacial score (nSPS) is 16.4. The van der Waals surface area contributed by atoms with Crippen molar-refractivity contribution in [3.05, 3.63) is 34.7 Å². The quantitative estimate of drug-likeness (QED) is 0.744. The van der Waals surface area contributed by atoms with Gasteiger partial charge in [-0.05, 0) is 31.5 Å². The highest BCUT2D eigenvalue weighted by Crippen LogP contribution is 2.31. The summed E-state index contributed by atoms with van der Waals surface area (Å²) in [6.45, 7) is 3.74. The van der Waals surface area contributed by atoms with Crippen LogP contribution in [-0.2, 0) is 11.3 Å². The summed E-state index contributed by atoms with van der Waals surface area (Å²) in [7, 11) is 1.82.